The molecule has 2 aliphatic heterocycles. The Labute approximate surface area is 323 Å². The first kappa shape index (κ1) is 38.7. The van der Waals surface area contributed by atoms with Crippen molar-refractivity contribution in [1.29, 1.82) is 0 Å². The van der Waals surface area contributed by atoms with Crippen LogP contribution in [0.3, 0.4) is 0 Å². The topological polar surface area (TPSA) is 164 Å². The molecular weight excluding hydrogens is 764 g/mol. The number of hydrogen-bond donors (Lipinski definition) is 1. The first-order valence-electron chi connectivity index (χ1n) is 18.6. The van der Waals surface area contributed by atoms with Gasteiger partial charge >= 0.3 is 29.8 Å². The van der Waals surface area contributed by atoms with Gasteiger partial charge in [-0.05, 0) is 96.3 Å². The lowest BCUT2D eigenvalue weighted by Gasteiger charge is -2.73. The van der Waals surface area contributed by atoms with Crippen LogP contribution in [-0.4, -0.2) is 84.3 Å². The van der Waals surface area contributed by atoms with Crippen molar-refractivity contribution in [3.05, 3.63) is 58.6 Å². The van der Waals surface area contributed by atoms with Crippen molar-refractivity contribution in [2.24, 2.45) is 39.4 Å². The summed E-state index contributed by atoms with van der Waals surface area (Å²) < 4.78 is 36.7. The van der Waals surface area contributed by atoms with Crippen LogP contribution in [-0.2, 0) is 47.6 Å². The fraction of sp³-hybridized carbons (Fsp3) is 0.634. The summed E-state index contributed by atoms with van der Waals surface area (Å²) in [4.78, 5) is 66.6. The molecule has 5 fully saturated rings. The number of esters is 5. The van der Waals surface area contributed by atoms with Crippen molar-refractivity contribution in [2.75, 3.05) is 13.7 Å². The second-order valence-electron chi connectivity index (χ2n) is 17.0. The molecule has 13 heteroatoms. The van der Waals surface area contributed by atoms with Gasteiger partial charge in [0.1, 0.15) is 24.9 Å². The molecule has 1 saturated heterocycles. The molecule has 3 unspecified atom stereocenters. The second-order valence-corrected chi connectivity index (χ2v) is 17.9. The zero-order chi connectivity index (χ0) is 39.4. The van der Waals surface area contributed by atoms with Crippen LogP contribution in [0.2, 0.25) is 0 Å². The Bertz CT molecular complexity index is 1860. The van der Waals surface area contributed by atoms with E-state index in [-0.39, 0.29) is 24.9 Å². The maximum Gasteiger partial charge on any atom is 0.342 e. The van der Waals surface area contributed by atoms with Crippen molar-refractivity contribution in [1.82, 2.24) is 0 Å². The standard InChI is InChI=1S/C41H49BrO12/c1-21-19-40(48)29-15-17-36(5)27(16-18-39(20-50-30(45)14-13-28(36)39)22(2)51-34(46)25-11-9-10-12-26(25)42)37(29,6)32(52-23(3)43)33(53-24(4)44)38(40,7)41(31(21)54-41)35(47)49-8/h9-14,22,27-29,31-33,48H,1,15-20H2,2-8H3/t22?,27?,28-,29?,31+,32+,33-,36+,37+,38+,39-,40+,41-/m0/s1. The van der Waals surface area contributed by atoms with Crippen LogP contribution in [0.1, 0.15) is 84.0 Å². The van der Waals surface area contributed by atoms with Gasteiger partial charge in [0, 0.05) is 41.6 Å². The van der Waals surface area contributed by atoms with Crippen LogP contribution in [0.15, 0.2) is 53.0 Å². The molecule has 2 heterocycles. The zero-order valence-corrected chi connectivity index (χ0v) is 33.4. The molecule has 12 nitrogen and oxygen atoms in total. The number of fused-ring (bicyclic) bond motifs is 9. The maximum atomic E-state index is 13.8. The molecule has 0 radical (unpaired) electrons. The van der Waals surface area contributed by atoms with Gasteiger partial charge in [-0.1, -0.05) is 38.6 Å². The smallest absolute Gasteiger partial charge is 0.342 e. The van der Waals surface area contributed by atoms with Gasteiger partial charge in [0.05, 0.1) is 23.7 Å². The van der Waals surface area contributed by atoms with Crippen LogP contribution in [0.25, 0.3) is 0 Å². The Morgan fingerprint density at radius 3 is 2.30 bits per heavy atom. The Morgan fingerprint density at radius 1 is 1.00 bits per heavy atom. The summed E-state index contributed by atoms with van der Waals surface area (Å²) in [7, 11) is 1.24. The van der Waals surface area contributed by atoms with Crippen LogP contribution in [0.5, 0.6) is 0 Å². The molecule has 6 aliphatic rings. The van der Waals surface area contributed by atoms with Gasteiger partial charge in [0.15, 0.2) is 6.10 Å². The number of aliphatic hydroxyl groups is 1. The van der Waals surface area contributed by atoms with E-state index in [1.807, 2.05) is 26.0 Å². The number of rotatable bonds is 6. The number of ether oxygens (including phenoxy) is 6. The number of allylic oxidation sites excluding steroid dienone is 1. The number of carbonyl (C=O) groups is 5. The highest BCUT2D eigenvalue weighted by Crippen LogP contribution is 2.78. The Balaban J connectivity index is 1.38. The molecule has 13 atom stereocenters. The van der Waals surface area contributed by atoms with Gasteiger partial charge in [-0.3, -0.25) is 9.59 Å². The third kappa shape index (κ3) is 4.95. The summed E-state index contributed by atoms with van der Waals surface area (Å²) in [6.07, 6.45) is 1.25. The van der Waals surface area contributed by atoms with Crippen LogP contribution in [0.4, 0.5) is 0 Å². The monoisotopic (exact) mass is 812 g/mol. The number of carbonyl (C=O) groups excluding carboxylic acids is 5. The normalized spacial score (nSPS) is 43.6. The van der Waals surface area contributed by atoms with Crippen molar-refractivity contribution in [2.45, 2.75) is 109 Å². The summed E-state index contributed by atoms with van der Waals surface area (Å²) in [5, 5.41) is 13.5. The lowest BCUT2D eigenvalue weighted by molar-refractivity contribution is -0.336. The molecule has 0 spiro atoms. The van der Waals surface area contributed by atoms with Gasteiger partial charge in [0.2, 0.25) is 5.60 Å². The van der Waals surface area contributed by atoms with Crippen molar-refractivity contribution in [3.63, 3.8) is 0 Å². The fourth-order valence-electron chi connectivity index (χ4n) is 12.5. The first-order chi connectivity index (χ1) is 25.3. The highest BCUT2D eigenvalue weighted by molar-refractivity contribution is 9.10. The minimum atomic E-state index is -1.75. The third-order valence-electron chi connectivity index (χ3n) is 14.9. The van der Waals surface area contributed by atoms with E-state index >= 15 is 0 Å². The van der Waals surface area contributed by atoms with Crippen LogP contribution >= 0.6 is 15.9 Å². The quantitative estimate of drug-likeness (QED) is 0.168. The van der Waals surface area contributed by atoms with Gasteiger partial charge in [-0.25, -0.2) is 14.4 Å². The first-order valence-corrected chi connectivity index (χ1v) is 19.4. The van der Waals surface area contributed by atoms with Gasteiger partial charge in [0.25, 0.3) is 0 Å². The molecule has 0 amide bonds. The number of epoxide rings is 1. The largest absolute Gasteiger partial charge is 0.467 e. The molecule has 0 aromatic heterocycles. The summed E-state index contributed by atoms with van der Waals surface area (Å²) in [5.74, 6) is -4.38. The molecule has 1 aromatic rings. The van der Waals surface area contributed by atoms with E-state index in [1.54, 1.807) is 25.1 Å². The van der Waals surface area contributed by atoms with Crippen molar-refractivity contribution < 1.29 is 57.5 Å². The third-order valence-corrected chi connectivity index (χ3v) is 15.5. The summed E-state index contributed by atoms with van der Waals surface area (Å²) in [5.41, 5.74) is -6.80. The number of hydrogen-bond acceptors (Lipinski definition) is 12. The summed E-state index contributed by atoms with van der Waals surface area (Å²) >= 11 is 3.45. The molecule has 1 aromatic carbocycles. The molecule has 7 rings (SSSR count). The van der Waals surface area contributed by atoms with E-state index in [0.29, 0.717) is 41.3 Å². The van der Waals surface area contributed by atoms with E-state index in [0.717, 1.165) is 0 Å². The number of methoxy groups -OCH3 is 1. The number of cyclic esters (lactones) is 1. The molecule has 0 bridgehead atoms. The molecular formula is C41H49BrO12. The average molecular weight is 814 g/mol. The van der Waals surface area contributed by atoms with E-state index in [4.69, 9.17) is 28.4 Å². The number of benzene rings is 1. The predicted octanol–water partition coefficient (Wildman–Crippen LogP) is 5.43. The lowest BCUT2D eigenvalue weighted by atomic mass is 9.32. The average Bonchev–Trinajstić information content (AvgIpc) is 3.90. The minimum absolute atomic E-state index is 0.00200. The Morgan fingerprint density at radius 2 is 1.65 bits per heavy atom. The van der Waals surface area contributed by atoms with Crippen molar-refractivity contribution in [3.8, 4) is 0 Å². The lowest BCUT2D eigenvalue weighted by Crippen LogP contribution is -2.82. The highest BCUT2D eigenvalue weighted by atomic mass is 79.9. The van der Waals surface area contributed by atoms with E-state index in [1.165, 1.54) is 27.0 Å². The van der Waals surface area contributed by atoms with E-state index in [9.17, 15) is 29.1 Å². The van der Waals surface area contributed by atoms with E-state index in [2.05, 4.69) is 29.4 Å². The van der Waals surface area contributed by atoms with Crippen LogP contribution < -0.4 is 0 Å². The van der Waals surface area contributed by atoms with Gasteiger partial charge < -0.3 is 33.5 Å². The van der Waals surface area contributed by atoms with Crippen LogP contribution in [0, 0.1) is 39.4 Å². The molecule has 4 saturated carbocycles. The minimum Gasteiger partial charge on any atom is -0.467 e. The van der Waals surface area contributed by atoms with Gasteiger partial charge in [-0.2, -0.15) is 0 Å². The second kappa shape index (κ2) is 12.7. The molecule has 54 heavy (non-hydrogen) atoms. The predicted molar refractivity (Wildman–Crippen MR) is 194 cm³/mol. The van der Waals surface area contributed by atoms with E-state index < -0.39 is 93.0 Å². The molecule has 1 N–H and O–H groups in total. The maximum absolute atomic E-state index is 13.8. The zero-order valence-electron chi connectivity index (χ0n) is 31.8. The van der Waals surface area contributed by atoms with Gasteiger partial charge in [-0.15, -0.1) is 0 Å². The van der Waals surface area contributed by atoms with Crippen molar-refractivity contribution >= 4 is 45.8 Å². The molecule has 4 aliphatic carbocycles. The fourth-order valence-corrected chi connectivity index (χ4v) is 13.0. The SMILES string of the molecule is C=C1C[C@@]2(O)C3CC[C@]4(C)C(CC[C@@]5(C(C)OC(=O)c6ccccc6Br)COC(=O)C=C[C@H]54)[C@@]3(C)[C@H](OC(C)=O)[C@H](OC(C)=O)[C@@]2(C)[C@]2(C(=O)OC)O[C@H]12. The Hall–Kier alpha value is -3.55. The summed E-state index contributed by atoms with van der Waals surface area (Å²) in [6.45, 7) is 14.4. The molecule has 292 valence electrons. The summed E-state index contributed by atoms with van der Waals surface area (Å²) in [6, 6.07) is 7.00. The Kier molecular flexibility index (Phi) is 9.13. The number of halogens is 1. The highest BCUT2D eigenvalue weighted by Gasteiger charge is 2.90.